The minimum Gasteiger partial charge on any atom is -0.486 e. The third kappa shape index (κ3) is 4.94. The molecule has 0 saturated carbocycles. The molecule has 1 saturated heterocycles. The number of thiocarbonyl (C=S) groups is 1. The van der Waals surface area contributed by atoms with E-state index in [2.05, 4.69) is 5.32 Å². The Labute approximate surface area is 208 Å². The number of carbonyl (C=O) groups excluding carboxylic acids is 2. The van der Waals surface area contributed by atoms with Gasteiger partial charge in [-0.1, -0.05) is 47.5 Å². The molecule has 10 heteroatoms. The molecule has 0 spiro atoms. The van der Waals surface area contributed by atoms with Crippen LogP contribution in [-0.4, -0.2) is 16.9 Å². The molecule has 0 radical (unpaired) electrons. The number of para-hydroxylation sites is 1. The Hall–Kier alpha value is -3.33. The molecule has 1 aliphatic rings. The van der Waals surface area contributed by atoms with Gasteiger partial charge in [0, 0.05) is 0 Å². The number of benzene rings is 3. The third-order valence-corrected chi connectivity index (χ3v) is 5.67. The van der Waals surface area contributed by atoms with Gasteiger partial charge in [0.1, 0.15) is 23.8 Å². The minimum absolute atomic E-state index is 0.0933. The van der Waals surface area contributed by atoms with Gasteiger partial charge in [-0.15, -0.1) is 0 Å². The van der Waals surface area contributed by atoms with Gasteiger partial charge >= 0.3 is 0 Å². The monoisotopic (exact) mass is 518 g/mol. The summed E-state index contributed by atoms with van der Waals surface area (Å²) in [5.74, 6) is -2.41. The van der Waals surface area contributed by atoms with Gasteiger partial charge in [-0.25, -0.2) is 13.7 Å². The molecule has 1 fully saturated rings. The van der Waals surface area contributed by atoms with Crippen LogP contribution in [0.1, 0.15) is 11.1 Å². The first-order chi connectivity index (χ1) is 16.2. The molecule has 0 aliphatic carbocycles. The summed E-state index contributed by atoms with van der Waals surface area (Å²) in [6.45, 7) is 0.0933. The predicted molar refractivity (Wildman–Crippen MR) is 130 cm³/mol. The molecule has 0 unspecified atom stereocenters. The number of amides is 2. The van der Waals surface area contributed by atoms with E-state index < -0.39 is 17.6 Å². The topological polar surface area (TPSA) is 58.6 Å². The van der Waals surface area contributed by atoms with E-state index in [9.17, 15) is 18.4 Å². The van der Waals surface area contributed by atoms with Gasteiger partial charge in [-0.3, -0.25) is 14.9 Å². The molecular weight excluding hydrogens is 505 g/mol. The number of ether oxygens (including phenoxy) is 1. The molecule has 2 amide bonds. The largest absolute Gasteiger partial charge is 0.486 e. The number of carbonyl (C=O) groups is 2. The summed E-state index contributed by atoms with van der Waals surface area (Å²) in [5.41, 5.74) is 0.658. The van der Waals surface area contributed by atoms with E-state index in [1.54, 1.807) is 18.2 Å². The van der Waals surface area contributed by atoms with Gasteiger partial charge in [0.25, 0.3) is 11.8 Å². The Bertz CT molecular complexity index is 1320. The van der Waals surface area contributed by atoms with Crippen molar-refractivity contribution >= 4 is 64.1 Å². The minimum atomic E-state index is -0.803. The van der Waals surface area contributed by atoms with Crippen LogP contribution in [0.5, 0.6) is 5.75 Å². The van der Waals surface area contributed by atoms with Crippen molar-refractivity contribution in [2.75, 3.05) is 4.90 Å². The molecule has 0 bridgehead atoms. The molecule has 172 valence electrons. The molecule has 34 heavy (non-hydrogen) atoms. The maximum absolute atomic E-state index is 14.3. The summed E-state index contributed by atoms with van der Waals surface area (Å²) in [4.78, 5) is 26.4. The highest BCUT2D eigenvalue weighted by atomic mass is 35.5. The zero-order valence-electron chi connectivity index (χ0n) is 17.2. The lowest BCUT2D eigenvalue weighted by Gasteiger charge is -2.29. The van der Waals surface area contributed by atoms with Crippen LogP contribution in [0.15, 0.2) is 66.2 Å². The Morgan fingerprint density at radius 3 is 2.29 bits per heavy atom. The zero-order valence-corrected chi connectivity index (χ0v) is 19.5. The quantitative estimate of drug-likeness (QED) is 0.268. The van der Waals surface area contributed by atoms with Crippen LogP contribution >= 0.6 is 35.4 Å². The SMILES string of the molecule is O=C1NC(=S)N(c2ccccc2F)C(=O)/C1=C/c1cc(Cl)c(OCc2ccc(F)cc2)c(Cl)c1. The van der Waals surface area contributed by atoms with Crippen LogP contribution in [0.4, 0.5) is 14.5 Å². The molecule has 3 aromatic rings. The Balaban J connectivity index is 1.61. The summed E-state index contributed by atoms with van der Waals surface area (Å²) in [5, 5.41) is 2.41. The first-order valence-corrected chi connectivity index (χ1v) is 10.9. The summed E-state index contributed by atoms with van der Waals surface area (Å²) < 4.78 is 33.0. The van der Waals surface area contributed by atoms with Gasteiger partial charge in [0.05, 0.1) is 15.7 Å². The van der Waals surface area contributed by atoms with E-state index in [-0.39, 0.29) is 44.6 Å². The Morgan fingerprint density at radius 1 is 1.00 bits per heavy atom. The zero-order chi connectivity index (χ0) is 24.4. The molecule has 1 aliphatic heterocycles. The van der Waals surface area contributed by atoms with Crippen molar-refractivity contribution in [3.8, 4) is 5.75 Å². The fourth-order valence-electron chi connectivity index (χ4n) is 3.21. The summed E-state index contributed by atoms with van der Waals surface area (Å²) in [7, 11) is 0. The third-order valence-electron chi connectivity index (χ3n) is 4.82. The van der Waals surface area contributed by atoms with Crippen molar-refractivity contribution in [1.29, 1.82) is 0 Å². The van der Waals surface area contributed by atoms with Gasteiger partial charge < -0.3 is 4.74 Å². The molecule has 3 aromatic carbocycles. The maximum atomic E-state index is 14.3. The number of halogens is 4. The molecule has 4 rings (SSSR count). The first kappa shape index (κ1) is 23.8. The predicted octanol–water partition coefficient (Wildman–Crippen LogP) is 5.68. The molecule has 1 N–H and O–H groups in total. The van der Waals surface area contributed by atoms with E-state index in [1.165, 1.54) is 48.5 Å². The summed E-state index contributed by atoms with van der Waals surface area (Å²) in [6, 6.07) is 14.2. The van der Waals surface area contributed by atoms with Crippen LogP contribution in [-0.2, 0) is 16.2 Å². The fourth-order valence-corrected chi connectivity index (χ4v) is 4.10. The highest BCUT2D eigenvalue weighted by Crippen LogP contribution is 2.36. The van der Waals surface area contributed by atoms with Crippen molar-refractivity contribution < 1.29 is 23.1 Å². The van der Waals surface area contributed by atoms with Crippen LogP contribution < -0.4 is 15.0 Å². The number of nitrogens with zero attached hydrogens (tertiary/aromatic N) is 1. The smallest absolute Gasteiger partial charge is 0.270 e. The van der Waals surface area contributed by atoms with Crippen molar-refractivity contribution in [2.45, 2.75) is 6.61 Å². The lowest BCUT2D eigenvalue weighted by molar-refractivity contribution is -0.122. The standard InChI is InChI=1S/C24H14Cl2F2N2O3S/c25-17-10-14(11-18(26)21(17)33-12-13-5-7-15(27)8-6-13)9-16-22(31)29-24(34)30(23(16)32)20-4-2-1-3-19(20)28/h1-11H,12H2,(H,29,31,34)/b16-9+. The number of hydrogen-bond acceptors (Lipinski definition) is 4. The molecule has 0 aromatic heterocycles. The normalized spacial score (nSPS) is 15.0. The Kier molecular flexibility index (Phi) is 6.92. The number of anilines is 1. The molecule has 0 atom stereocenters. The lowest BCUT2D eigenvalue weighted by Crippen LogP contribution is -2.54. The van der Waals surface area contributed by atoms with E-state index in [0.717, 1.165) is 4.90 Å². The second-order valence-corrected chi connectivity index (χ2v) is 8.34. The van der Waals surface area contributed by atoms with E-state index in [4.69, 9.17) is 40.2 Å². The van der Waals surface area contributed by atoms with E-state index in [1.807, 2.05) is 0 Å². The second-order valence-electron chi connectivity index (χ2n) is 7.14. The molecule has 5 nitrogen and oxygen atoms in total. The Morgan fingerprint density at radius 2 is 1.65 bits per heavy atom. The highest BCUT2D eigenvalue weighted by molar-refractivity contribution is 7.80. The molecular formula is C24H14Cl2F2N2O3S. The highest BCUT2D eigenvalue weighted by Gasteiger charge is 2.35. The average molecular weight is 519 g/mol. The van der Waals surface area contributed by atoms with E-state index >= 15 is 0 Å². The van der Waals surface area contributed by atoms with Crippen LogP contribution in [0.25, 0.3) is 6.08 Å². The van der Waals surface area contributed by atoms with Crippen molar-refractivity contribution in [2.24, 2.45) is 0 Å². The van der Waals surface area contributed by atoms with Gasteiger partial charge in [-0.2, -0.15) is 0 Å². The average Bonchev–Trinajstić information content (AvgIpc) is 2.78. The van der Waals surface area contributed by atoms with Gasteiger partial charge in [-0.05, 0) is 65.8 Å². The van der Waals surface area contributed by atoms with Crippen molar-refractivity contribution in [3.05, 3.63) is 99.0 Å². The van der Waals surface area contributed by atoms with Crippen LogP contribution in [0, 0.1) is 11.6 Å². The van der Waals surface area contributed by atoms with Crippen LogP contribution in [0.3, 0.4) is 0 Å². The number of hydrogen-bond donors (Lipinski definition) is 1. The summed E-state index contributed by atoms with van der Waals surface area (Å²) >= 11 is 17.7. The molecule has 1 heterocycles. The lowest BCUT2D eigenvalue weighted by atomic mass is 10.1. The van der Waals surface area contributed by atoms with Crippen molar-refractivity contribution in [1.82, 2.24) is 5.32 Å². The summed E-state index contributed by atoms with van der Waals surface area (Å²) in [6.07, 6.45) is 1.27. The fraction of sp³-hybridized carbons (Fsp3) is 0.0417. The van der Waals surface area contributed by atoms with Gasteiger partial charge in [0.15, 0.2) is 10.9 Å². The number of nitrogens with one attached hydrogen (secondary N) is 1. The second kappa shape index (κ2) is 9.89. The number of rotatable bonds is 5. The first-order valence-electron chi connectivity index (χ1n) is 9.77. The van der Waals surface area contributed by atoms with Crippen molar-refractivity contribution in [3.63, 3.8) is 0 Å². The maximum Gasteiger partial charge on any atom is 0.270 e. The van der Waals surface area contributed by atoms with E-state index in [0.29, 0.717) is 11.1 Å². The van der Waals surface area contributed by atoms with Gasteiger partial charge in [0.2, 0.25) is 0 Å². The van der Waals surface area contributed by atoms with Crippen LogP contribution in [0.2, 0.25) is 10.0 Å².